The second-order valence-electron chi connectivity index (χ2n) is 5.74. The van der Waals surface area contributed by atoms with Gasteiger partial charge in [-0.05, 0) is 36.4 Å². The Labute approximate surface area is 152 Å². The molecule has 6 heteroatoms. The van der Waals surface area contributed by atoms with Gasteiger partial charge in [0.1, 0.15) is 5.82 Å². The van der Waals surface area contributed by atoms with Crippen LogP contribution in [-0.4, -0.2) is 49.5 Å². The summed E-state index contributed by atoms with van der Waals surface area (Å²) in [6.45, 7) is 3.55. The third kappa shape index (κ3) is 5.21. The molecule has 0 spiro atoms. The van der Waals surface area contributed by atoms with Gasteiger partial charge in [-0.2, -0.15) is 0 Å². The van der Waals surface area contributed by atoms with Gasteiger partial charge in [0.15, 0.2) is 0 Å². The topological polar surface area (TPSA) is 54.5 Å². The zero-order valence-electron chi connectivity index (χ0n) is 14.2. The van der Waals surface area contributed by atoms with E-state index < -0.39 is 0 Å². The molecular weight excluding hydrogens is 334 g/mol. The van der Waals surface area contributed by atoms with Gasteiger partial charge in [-0.1, -0.05) is 18.2 Å². The zero-order valence-corrected chi connectivity index (χ0v) is 15.0. The van der Waals surface area contributed by atoms with E-state index in [2.05, 4.69) is 27.3 Å². The number of ether oxygens (including phenoxy) is 1. The highest BCUT2D eigenvalue weighted by Crippen LogP contribution is 2.19. The van der Waals surface area contributed by atoms with Gasteiger partial charge in [0.05, 0.1) is 18.8 Å². The Morgan fingerprint density at radius 1 is 1.16 bits per heavy atom. The van der Waals surface area contributed by atoms with Gasteiger partial charge >= 0.3 is 0 Å². The minimum absolute atomic E-state index is 0.0562. The highest BCUT2D eigenvalue weighted by molar-refractivity contribution is 7.99. The van der Waals surface area contributed by atoms with Crippen molar-refractivity contribution in [2.75, 3.05) is 43.5 Å². The van der Waals surface area contributed by atoms with Crippen LogP contribution in [0, 0.1) is 0 Å². The average molecular weight is 357 g/mol. The number of rotatable bonds is 7. The van der Waals surface area contributed by atoms with E-state index in [9.17, 15) is 4.79 Å². The smallest absolute Gasteiger partial charge is 0.255 e. The number of aromatic nitrogens is 1. The van der Waals surface area contributed by atoms with Crippen LogP contribution < -0.4 is 10.2 Å². The minimum atomic E-state index is -0.0562. The lowest BCUT2D eigenvalue weighted by Gasteiger charge is -2.29. The maximum Gasteiger partial charge on any atom is 0.255 e. The summed E-state index contributed by atoms with van der Waals surface area (Å²) in [5, 5.41) is 3.01. The number of amides is 1. The molecule has 1 fully saturated rings. The van der Waals surface area contributed by atoms with Crippen molar-refractivity contribution in [3.05, 3.63) is 54.2 Å². The highest BCUT2D eigenvalue weighted by Gasteiger charge is 2.19. The molecule has 0 bridgehead atoms. The van der Waals surface area contributed by atoms with E-state index in [0.717, 1.165) is 31.1 Å². The summed E-state index contributed by atoms with van der Waals surface area (Å²) in [6.07, 6.45) is 2.66. The quantitative estimate of drug-likeness (QED) is 0.610. The molecular formula is C19H23N3O2S. The van der Waals surface area contributed by atoms with E-state index in [1.807, 2.05) is 42.1 Å². The molecule has 1 aliphatic heterocycles. The second kappa shape index (κ2) is 9.44. The van der Waals surface area contributed by atoms with Crippen LogP contribution in [0.2, 0.25) is 0 Å². The Hall–Kier alpha value is -2.05. The predicted molar refractivity (Wildman–Crippen MR) is 101 cm³/mol. The fourth-order valence-corrected chi connectivity index (χ4v) is 3.55. The van der Waals surface area contributed by atoms with Crippen molar-refractivity contribution >= 4 is 23.5 Å². The molecule has 0 saturated carbocycles. The van der Waals surface area contributed by atoms with Crippen LogP contribution >= 0.6 is 11.8 Å². The first-order chi connectivity index (χ1) is 12.3. The number of thioether (sulfide) groups is 1. The number of nitrogens with zero attached hydrogens (tertiary/aromatic N) is 2. The van der Waals surface area contributed by atoms with Gasteiger partial charge in [0, 0.05) is 30.7 Å². The molecule has 1 amide bonds. The van der Waals surface area contributed by atoms with Gasteiger partial charge in [-0.3, -0.25) is 4.79 Å². The lowest BCUT2D eigenvalue weighted by Crippen LogP contribution is -2.38. The molecule has 0 unspecified atom stereocenters. The third-order valence-corrected chi connectivity index (χ3v) is 5.06. The maximum atomic E-state index is 12.5. The Kier molecular flexibility index (Phi) is 6.71. The molecule has 1 aromatic heterocycles. The van der Waals surface area contributed by atoms with Crippen molar-refractivity contribution in [3.63, 3.8) is 0 Å². The number of hydrogen-bond acceptors (Lipinski definition) is 5. The first kappa shape index (κ1) is 17.8. The molecule has 2 aromatic rings. The molecule has 2 heterocycles. The minimum Gasteiger partial charge on any atom is -0.378 e. The van der Waals surface area contributed by atoms with Crippen LogP contribution in [0.1, 0.15) is 16.8 Å². The molecule has 132 valence electrons. The average Bonchev–Trinajstić information content (AvgIpc) is 2.69. The normalized spacial score (nSPS) is 14.3. The Bertz CT molecular complexity index is 675. The van der Waals surface area contributed by atoms with Crippen LogP contribution in [0.4, 0.5) is 5.82 Å². The molecule has 1 saturated heterocycles. The summed E-state index contributed by atoms with van der Waals surface area (Å²) in [5.74, 6) is 1.68. The van der Waals surface area contributed by atoms with Crippen molar-refractivity contribution in [2.24, 2.45) is 0 Å². The number of carbonyl (C=O) groups excluding carboxylic acids is 1. The second-order valence-corrected chi connectivity index (χ2v) is 6.91. The zero-order chi connectivity index (χ0) is 17.3. The van der Waals surface area contributed by atoms with Crippen molar-refractivity contribution < 1.29 is 9.53 Å². The Balaban J connectivity index is 1.48. The van der Waals surface area contributed by atoms with E-state index in [1.165, 1.54) is 4.90 Å². The fraction of sp³-hybridized carbons (Fsp3) is 0.368. The number of benzene rings is 1. The SMILES string of the molecule is O=C(NCCCSc1ccccc1)c1cccnc1N1CCOCC1. The van der Waals surface area contributed by atoms with Crippen molar-refractivity contribution in [2.45, 2.75) is 11.3 Å². The van der Waals surface area contributed by atoms with Crippen molar-refractivity contribution in [1.82, 2.24) is 10.3 Å². The molecule has 0 atom stereocenters. The highest BCUT2D eigenvalue weighted by atomic mass is 32.2. The van der Waals surface area contributed by atoms with Crippen molar-refractivity contribution in [1.29, 1.82) is 0 Å². The lowest BCUT2D eigenvalue weighted by molar-refractivity contribution is 0.0952. The van der Waals surface area contributed by atoms with E-state index in [-0.39, 0.29) is 5.91 Å². The van der Waals surface area contributed by atoms with Gasteiger partial charge in [-0.25, -0.2) is 4.98 Å². The number of anilines is 1. The van der Waals surface area contributed by atoms with E-state index in [0.29, 0.717) is 25.3 Å². The summed E-state index contributed by atoms with van der Waals surface area (Å²) < 4.78 is 5.38. The van der Waals surface area contributed by atoms with Gasteiger partial charge in [0.2, 0.25) is 0 Å². The summed E-state index contributed by atoms with van der Waals surface area (Å²) >= 11 is 1.81. The van der Waals surface area contributed by atoms with E-state index in [4.69, 9.17) is 4.74 Å². The Morgan fingerprint density at radius 2 is 1.96 bits per heavy atom. The van der Waals surface area contributed by atoms with Gasteiger partial charge in [0.25, 0.3) is 5.91 Å². The molecule has 0 aliphatic carbocycles. The molecule has 1 aliphatic rings. The first-order valence-electron chi connectivity index (χ1n) is 8.58. The number of hydrogen-bond donors (Lipinski definition) is 1. The molecule has 0 radical (unpaired) electrons. The van der Waals surface area contributed by atoms with E-state index >= 15 is 0 Å². The molecule has 5 nitrogen and oxygen atoms in total. The van der Waals surface area contributed by atoms with Crippen LogP contribution in [0.5, 0.6) is 0 Å². The largest absolute Gasteiger partial charge is 0.378 e. The van der Waals surface area contributed by atoms with Crippen LogP contribution in [-0.2, 0) is 4.74 Å². The monoisotopic (exact) mass is 357 g/mol. The lowest BCUT2D eigenvalue weighted by atomic mass is 10.2. The maximum absolute atomic E-state index is 12.5. The van der Waals surface area contributed by atoms with Gasteiger partial charge in [-0.15, -0.1) is 11.8 Å². The number of pyridine rings is 1. The van der Waals surface area contributed by atoms with Crippen LogP contribution in [0.15, 0.2) is 53.6 Å². The molecule has 1 N–H and O–H groups in total. The molecule has 25 heavy (non-hydrogen) atoms. The third-order valence-electron chi connectivity index (χ3n) is 3.96. The molecule has 1 aromatic carbocycles. The van der Waals surface area contributed by atoms with Crippen molar-refractivity contribution in [3.8, 4) is 0 Å². The van der Waals surface area contributed by atoms with Crippen LogP contribution in [0.3, 0.4) is 0 Å². The number of nitrogens with one attached hydrogen (secondary N) is 1. The fourth-order valence-electron chi connectivity index (χ4n) is 2.68. The molecule has 3 rings (SSSR count). The first-order valence-corrected chi connectivity index (χ1v) is 9.57. The summed E-state index contributed by atoms with van der Waals surface area (Å²) in [4.78, 5) is 20.3. The summed E-state index contributed by atoms with van der Waals surface area (Å²) in [5.41, 5.74) is 0.639. The summed E-state index contributed by atoms with van der Waals surface area (Å²) in [6, 6.07) is 14.0. The van der Waals surface area contributed by atoms with E-state index in [1.54, 1.807) is 6.20 Å². The standard InChI is InChI=1S/C19H23N3O2S/c23-19(21-10-5-15-25-16-6-2-1-3-7-16)17-8-4-9-20-18(17)22-11-13-24-14-12-22/h1-4,6-9H,5,10-15H2,(H,21,23). The number of carbonyl (C=O) groups is 1. The van der Waals surface area contributed by atoms with Crippen LogP contribution in [0.25, 0.3) is 0 Å². The Morgan fingerprint density at radius 3 is 2.76 bits per heavy atom. The number of morpholine rings is 1. The predicted octanol–water partition coefficient (Wildman–Crippen LogP) is 2.83. The van der Waals surface area contributed by atoms with Gasteiger partial charge < -0.3 is 15.0 Å². The summed E-state index contributed by atoms with van der Waals surface area (Å²) in [7, 11) is 0.